The number of hydrogen-bond acceptors (Lipinski definition) is 4. The van der Waals surface area contributed by atoms with Crippen LogP contribution in [0.3, 0.4) is 0 Å². The van der Waals surface area contributed by atoms with E-state index in [1.54, 1.807) is 10.8 Å². The highest BCUT2D eigenvalue weighted by Gasteiger charge is 2.19. The van der Waals surface area contributed by atoms with Gasteiger partial charge in [-0.1, -0.05) is 0 Å². The molecule has 1 aromatic heterocycles. The lowest BCUT2D eigenvalue weighted by molar-refractivity contribution is 0.531. The minimum Gasteiger partial charge on any atom is -0.269 e. The molecule has 0 aliphatic carbocycles. The van der Waals surface area contributed by atoms with E-state index < -0.39 is 16.1 Å². The summed E-state index contributed by atoms with van der Waals surface area (Å²) in [6.07, 6.45) is 2.71. The minimum absolute atomic E-state index is 0.0725. The van der Waals surface area contributed by atoms with Gasteiger partial charge < -0.3 is 0 Å². The topological polar surface area (TPSA) is 87.8 Å². The van der Waals surface area contributed by atoms with Gasteiger partial charge in [0, 0.05) is 12.2 Å². The van der Waals surface area contributed by atoms with Gasteiger partial charge in [0.1, 0.15) is 10.9 Å². The van der Waals surface area contributed by atoms with Crippen LogP contribution in [0.4, 0.5) is 0 Å². The Balaban J connectivity index is 2.96. The highest BCUT2D eigenvalue weighted by Crippen LogP contribution is 2.11. The van der Waals surface area contributed by atoms with Gasteiger partial charge in [0.05, 0.1) is 12.3 Å². The Kier molecular flexibility index (Phi) is 3.67. The van der Waals surface area contributed by atoms with Crippen molar-refractivity contribution >= 4 is 10.0 Å². The lowest BCUT2D eigenvalue weighted by Gasteiger charge is -2.06. The zero-order valence-electron chi connectivity index (χ0n) is 9.38. The van der Waals surface area contributed by atoms with Crippen LogP contribution in [-0.4, -0.2) is 24.2 Å². The molecule has 0 unspecified atom stereocenters. The molecule has 0 saturated heterocycles. The zero-order chi connectivity index (χ0) is 12.3. The van der Waals surface area contributed by atoms with Gasteiger partial charge in [-0.3, -0.25) is 4.68 Å². The summed E-state index contributed by atoms with van der Waals surface area (Å²) in [6, 6.07) is 1.14. The Labute approximate surface area is 94.9 Å². The molecule has 0 radical (unpaired) electrons. The summed E-state index contributed by atoms with van der Waals surface area (Å²) < 4.78 is 27.2. The van der Waals surface area contributed by atoms with Crippen molar-refractivity contribution in [1.82, 2.24) is 14.5 Å². The number of nitriles is 1. The van der Waals surface area contributed by atoms with Gasteiger partial charge in [-0.05, 0) is 20.8 Å². The molecule has 1 aromatic rings. The van der Waals surface area contributed by atoms with Crippen LogP contribution in [0, 0.1) is 11.3 Å². The second kappa shape index (κ2) is 4.63. The third-order valence-electron chi connectivity index (χ3n) is 1.94. The fraction of sp³-hybridized carbons (Fsp3) is 0.556. The van der Waals surface area contributed by atoms with Crippen molar-refractivity contribution in [3.05, 3.63) is 12.4 Å². The van der Waals surface area contributed by atoms with Crippen molar-refractivity contribution in [2.75, 3.05) is 0 Å². The van der Waals surface area contributed by atoms with Crippen molar-refractivity contribution in [3.63, 3.8) is 0 Å². The predicted octanol–water partition coefficient (Wildman–Crippen LogP) is 0.654. The van der Waals surface area contributed by atoms with Crippen molar-refractivity contribution in [3.8, 4) is 6.07 Å². The third kappa shape index (κ3) is 2.81. The van der Waals surface area contributed by atoms with E-state index in [1.807, 2.05) is 13.8 Å². The van der Waals surface area contributed by atoms with Crippen LogP contribution in [0.25, 0.3) is 0 Å². The van der Waals surface area contributed by atoms with Crippen LogP contribution >= 0.6 is 0 Å². The van der Waals surface area contributed by atoms with Crippen molar-refractivity contribution < 1.29 is 8.42 Å². The van der Waals surface area contributed by atoms with Crippen LogP contribution in [0.2, 0.25) is 0 Å². The van der Waals surface area contributed by atoms with E-state index in [4.69, 9.17) is 5.26 Å². The predicted molar refractivity (Wildman–Crippen MR) is 58.0 cm³/mol. The molecule has 1 atom stereocenters. The van der Waals surface area contributed by atoms with E-state index in [0.29, 0.717) is 0 Å². The maximum Gasteiger partial charge on any atom is 0.244 e. The second-order valence-corrected chi connectivity index (χ2v) is 5.44. The lowest BCUT2D eigenvalue weighted by Crippen LogP contribution is -2.31. The highest BCUT2D eigenvalue weighted by atomic mass is 32.2. The number of aromatic nitrogens is 2. The number of rotatable bonds is 4. The summed E-state index contributed by atoms with van der Waals surface area (Å²) in [5, 5.41) is 12.5. The Bertz CT molecular complexity index is 498. The fourth-order valence-corrected chi connectivity index (χ4v) is 2.16. The quantitative estimate of drug-likeness (QED) is 0.839. The molecule has 0 spiro atoms. The molecular weight excluding hydrogens is 228 g/mol. The standard InChI is InChI=1S/C9H14N4O2S/c1-7(2)13-6-9(5-11-13)16(14,15)12-8(3)4-10/h5-8,12H,1-3H3/t8-/m1/s1. The van der Waals surface area contributed by atoms with Gasteiger partial charge >= 0.3 is 0 Å². The maximum atomic E-state index is 11.7. The first-order valence-corrected chi connectivity index (χ1v) is 6.31. The number of hydrogen-bond donors (Lipinski definition) is 1. The van der Waals surface area contributed by atoms with E-state index in [2.05, 4.69) is 9.82 Å². The minimum atomic E-state index is -3.64. The average molecular weight is 242 g/mol. The molecule has 0 aliphatic heterocycles. The highest BCUT2D eigenvalue weighted by molar-refractivity contribution is 7.89. The van der Waals surface area contributed by atoms with Gasteiger partial charge in [0.15, 0.2) is 0 Å². The second-order valence-electron chi connectivity index (χ2n) is 3.72. The van der Waals surface area contributed by atoms with Crippen LogP contribution in [0.15, 0.2) is 17.3 Å². The van der Waals surface area contributed by atoms with E-state index in [9.17, 15) is 8.42 Å². The molecule has 0 bridgehead atoms. The largest absolute Gasteiger partial charge is 0.269 e. The smallest absolute Gasteiger partial charge is 0.244 e. The van der Waals surface area contributed by atoms with Crippen molar-refractivity contribution in [1.29, 1.82) is 5.26 Å². The molecule has 1 heterocycles. The Morgan fingerprint density at radius 3 is 2.56 bits per heavy atom. The summed E-state index contributed by atoms with van der Waals surface area (Å²) in [7, 11) is -3.64. The van der Waals surface area contributed by atoms with Gasteiger partial charge in [0.2, 0.25) is 10.0 Å². The SMILES string of the molecule is CC(C)n1cc(S(=O)(=O)N[C@H](C)C#N)cn1. The number of nitrogens with zero attached hydrogens (tertiary/aromatic N) is 3. The van der Waals surface area contributed by atoms with Gasteiger partial charge in [-0.15, -0.1) is 0 Å². The molecule has 1 N–H and O–H groups in total. The molecule has 0 saturated carbocycles. The van der Waals surface area contributed by atoms with E-state index in [-0.39, 0.29) is 10.9 Å². The van der Waals surface area contributed by atoms with Gasteiger partial charge in [-0.2, -0.15) is 15.1 Å². The Morgan fingerprint density at radius 1 is 1.50 bits per heavy atom. The molecule has 88 valence electrons. The van der Waals surface area contributed by atoms with Crippen LogP contribution < -0.4 is 4.72 Å². The summed E-state index contributed by atoms with van der Waals surface area (Å²) in [5.74, 6) is 0. The Morgan fingerprint density at radius 2 is 2.12 bits per heavy atom. The number of nitrogens with one attached hydrogen (secondary N) is 1. The molecule has 0 aromatic carbocycles. The van der Waals surface area contributed by atoms with Gasteiger partial charge in [0.25, 0.3) is 0 Å². The molecule has 0 amide bonds. The Hall–Kier alpha value is -1.39. The van der Waals surface area contributed by atoms with Crippen molar-refractivity contribution in [2.24, 2.45) is 0 Å². The normalized spacial score (nSPS) is 13.7. The van der Waals surface area contributed by atoms with E-state index in [1.165, 1.54) is 19.3 Å². The average Bonchev–Trinajstić information content (AvgIpc) is 2.66. The first-order chi connectivity index (χ1) is 7.36. The monoisotopic (exact) mass is 242 g/mol. The molecule has 0 aliphatic rings. The molecule has 6 nitrogen and oxygen atoms in total. The molecule has 0 fully saturated rings. The van der Waals surface area contributed by atoms with Crippen LogP contribution in [-0.2, 0) is 10.0 Å². The third-order valence-corrected chi connectivity index (χ3v) is 3.44. The first kappa shape index (κ1) is 12.7. The molecule has 7 heteroatoms. The summed E-state index contributed by atoms with van der Waals surface area (Å²) >= 11 is 0. The molecule has 16 heavy (non-hydrogen) atoms. The molecule has 1 rings (SSSR count). The number of sulfonamides is 1. The zero-order valence-corrected chi connectivity index (χ0v) is 10.2. The summed E-state index contributed by atoms with van der Waals surface area (Å²) in [5.41, 5.74) is 0. The summed E-state index contributed by atoms with van der Waals surface area (Å²) in [6.45, 7) is 5.27. The first-order valence-electron chi connectivity index (χ1n) is 4.83. The van der Waals surface area contributed by atoms with E-state index in [0.717, 1.165) is 0 Å². The van der Waals surface area contributed by atoms with Gasteiger partial charge in [-0.25, -0.2) is 8.42 Å². The maximum absolute atomic E-state index is 11.7. The molecular formula is C9H14N4O2S. The van der Waals surface area contributed by atoms with Crippen LogP contribution in [0.5, 0.6) is 0 Å². The lowest BCUT2D eigenvalue weighted by atomic mass is 10.4. The van der Waals surface area contributed by atoms with Crippen LogP contribution in [0.1, 0.15) is 26.8 Å². The van der Waals surface area contributed by atoms with Crippen molar-refractivity contribution in [2.45, 2.75) is 37.8 Å². The van der Waals surface area contributed by atoms with E-state index >= 15 is 0 Å². The fourth-order valence-electron chi connectivity index (χ4n) is 1.07. The summed E-state index contributed by atoms with van der Waals surface area (Å²) in [4.78, 5) is 0.0725.